The fraction of sp³-hybridized carbons (Fsp3) is 0.448. The summed E-state index contributed by atoms with van der Waals surface area (Å²) in [5.41, 5.74) is 1.62. The van der Waals surface area contributed by atoms with Gasteiger partial charge in [0.25, 0.3) is 5.91 Å². The number of carbonyl (C=O) groups excluding carboxylic acids is 1. The number of β-amino-alcohol motifs (C(OH)–C–C–N with tert-alkyl or cyclic N) is 1. The minimum Gasteiger partial charge on any atom is -0.497 e. The zero-order valence-electron chi connectivity index (χ0n) is 22.5. The van der Waals surface area contributed by atoms with E-state index in [9.17, 15) is 19.4 Å². The van der Waals surface area contributed by atoms with Crippen LogP contribution in [0.1, 0.15) is 36.2 Å². The molecule has 204 valence electrons. The standard InChI is InChI=1S/C29H37FN4O4/c1-29(37,21-11-12-31-23(15-21)18-35)19-33-13-14-34(27(17-33)20-5-7-22(30)8-6-20)26-10-9-24(38-4)16-25(26)28(36)32(2)3/h5-9,11-12,15-16,26-27,35,37H,10,13-14,17-19H2,1-4H3/t26?,27-,29+/m0/s1. The first kappa shape index (κ1) is 27.9. The van der Waals surface area contributed by atoms with Gasteiger partial charge in [-0.25, -0.2) is 4.39 Å². The molecule has 2 aromatic rings. The lowest BCUT2D eigenvalue weighted by Gasteiger charge is -2.47. The Morgan fingerprint density at radius 3 is 2.61 bits per heavy atom. The molecular weight excluding hydrogens is 487 g/mol. The van der Waals surface area contributed by atoms with Crippen molar-refractivity contribution in [2.45, 2.75) is 37.6 Å². The molecular formula is C29H37FN4O4. The second-order valence-electron chi connectivity index (χ2n) is 10.4. The van der Waals surface area contributed by atoms with Crippen LogP contribution in [-0.2, 0) is 21.7 Å². The van der Waals surface area contributed by atoms with Crippen molar-refractivity contribution < 1.29 is 24.1 Å². The maximum absolute atomic E-state index is 13.8. The number of carbonyl (C=O) groups is 1. The number of likely N-dealkylation sites (N-methyl/N-ethyl adjacent to an activating group) is 1. The summed E-state index contributed by atoms with van der Waals surface area (Å²) in [6, 6.07) is 9.68. The molecule has 1 unspecified atom stereocenters. The Kier molecular flexibility index (Phi) is 8.62. The monoisotopic (exact) mass is 524 g/mol. The van der Waals surface area contributed by atoms with Gasteiger partial charge in [0.1, 0.15) is 11.6 Å². The molecule has 1 amide bonds. The van der Waals surface area contributed by atoms with Crippen molar-refractivity contribution in [3.63, 3.8) is 0 Å². The third kappa shape index (κ3) is 6.13. The zero-order valence-corrected chi connectivity index (χ0v) is 22.5. The third-order valence-electron chi connectivity index (χ3n) is 7.38. The van der Waals surface area contributed by atoms with Crippen LogP contribution in [-0.4, -0.2) is 89.2 Å². The summed E-state index contributed by atoms with van der Waals surface area (Å²) >= 11 is 0. The van der Waals surface area contributed by atoms with Crippen LogP contribution in [0.5, 0.6) is 0 Å². The molecule has 0 spiro atoms. The minimum atomic E-state index is -1.17. The second kappa shape index (κ2) is 11.7. The van der Waals surface area contributed by atoms with Crippen molar-refractivity contribution >= 4 is 5.91 Å². The smallest absolute Gasteiger partial charge is 0.251 e. The van der Waals surface area contributed by atoms with E-state index in [0.29, 0.717) is 55.2 Å². The van der Waals surface area contributed by atoms with Crippen molar-refractivity contribution in [2.24, 2.45) is 0 Å². The molecule has 4 rings (SSSR count). The highest BCUT2D eigenvalue weighted by molar-refractivity contribution is 5.95. The van der Waals surface area contributed by atoms with Crippen LogP contribution in [0, 0.1) is 5.82 Å². The Balaban J connectivity index is 1.63. The number of aromatic nitrogens is 1. The number of ether oxygens (including phenoxy) is 1. The van der Waals surface area contributed by atoms with Crippen molar-refractivity contribution in [3.8, 4) is 0 Å². The largest absolute Gasteiger partial charge is 0.497 e. The Labute approximate surface area is 223 Å². The number of benzene rings is 1. The molecule has 1 aromatic carbocycles. The number of aliphatic hydroxyl groups excluding tert-OH is 1. The average molecular weight is 525 g/mol. The van der Waals surface area contributed by atoms with Crippen LogP contribution in [0.4, 0.5) is 4.39 Å². The lowest BCUT2D eigenvalue weighted by Crippen LogP contribution is -2.55. The number of allylic oxidation sites excluding steroid dienone is 1. The number of amides is 1. The number of pyridine rings is 1. The minimum absolute atomic E-state index is 0.0711. The van der Waals surface area contributed by atoms with Gasteiger partial charge in [0, 0.05) is 64.1 Å². The molecule has 2 aliphatic rings. The topological polar surface area (TPSA) is 89.4 Å². The van der Waals surface area contributed by atoms with E-state index in [1.807, 2.05) is 12.2 Å². The predicted molar refractivity (Wildman–Crippen MR) is 142 cm³/mol. The van der Waals surface area contributed by atoms with E-state index in [4.69, 9.17) is 4.74 Å². The molecule has 3 atom stereocenters. The Morgan fingerprint density at radius 1 is 1.21 bits per heavy atom. The molecule has 1 aromatic heterocycles. The molecule has 1 aliphatic carbocycles. The fourth-order valence-corrected chi connectivity index (χ4v) is 5.36. The normalized spacial score (nSPS) is 22.3. The summed E-state index contributed by atoms with van der Waals surface area (Å²) in [5, 5.41) is 20.9. The summed E-state index contributed by atoms with van der Waals surface area (Å²) < 4.78 is 19.3. The zero-order chi connectivity index (χ0) is 27.4. The molecule has 1 fully saturated rings. The fourth-order valence-electron chi connectivity index (χ4n) is 5.36. The van der Waals surface area contributed by atoms with Gasteiger partial charge in [0.05, 0.1) is 25.0 Å². The van der Waals surface area contributed by atoms with Crippen LogP contribution in [0.3, 0.4) is 0 Å². The molecule has 1 aliphatic heterocycles. The van der Waals surface area contributed by atoms with Crippen LogP contribution in [0.15, 0.2) is 66.1 Å². The number of hydrogen-bond donors (Lipinski definition) is 2. The van der Waals surface area contributed by atoms with Gasteiger partial charge in [-0.2, -0.15) is 0 Å². The Hall–Kier alpha value is -3.11. The van der Waals surface area contributed by atoms with Gasteiger partial charge in [-0.15, -0.1) is 0 Å². The number of methoxy groups -OCH3 is 1. The van der Waals surface area contributed by atoms with Crippen LogP contribution >= 0.6 is 0 Å². The van der Waals surface area contributed by atoms with Gasteiger partial charge >= 0.3 is 0 Å². The molecule has 2 N–H and O–H groups in total. The summed E-state index contributed by atoms with van der Waals surface area (Å²) in [4.78, 5) is 23.4. The molecule has 2 heterocycles. The highest BCUT2D eigenvalue weighted by Crippen LogP contribution is 2.35. The van der Waals surface area contributed by atoms with E-state index < -0.39 is 5.60 Å². The van der Waals surface area contributed by atoms with E-state index in [1.165, 1.54) is 12.1 Å². The van der Waals surface area contributed by atoms with Crippen molar-refractivity contribution in [3.05, 3.63) is 88.7 Å². The second-order valence-corrected chi connectivity index (χ2v) is 10.4. The molecule has 0 saturated carbocycles. The maximum atomic E-state index is 13.8. The quantitative estimate of drug-likeness (QED) is 0.549. The first-order valence-electron chi connectivity index (χ1n) is 12.8. The van der Waals surface area contributed by atoms with Crippen LogP contribution in [0.25, 0.3) is 0 Å². The number of aliphatic hydroxyl groups is 2. The lowest BCUT2D eigenvalue weighted by molar-refractivity contribution is -0.125. The van der Waals surface area contributed by atoms with Crippen molar-refractivity contribution in [1.82, 2.24) is 19.7 Å². The molecule has 0 radical (unpaired) electrons. The van der Waals surface area contributed by atoms with Crippen molar-refractivity contribution in [2.75, 3.05) is 47.4 Å². The molecule has 9 heteroatoms. The number of hydrogen-bond acceptors (Lipinski definition) is 7. The first-order valence-corrected chi connectivity index (χ1v) is 12.8. The predicted octanol–water partition coefficient (Wildman–Crippen LogP) is 2.60. The van der Waals surface area contributed by atoms with Crippen LogP contribution < -0.4 is 0 Å². The van der Waals surface area contributed by atoms with E-state index >= 15 is 0 Å². The maximum Gasteiger partial charge on any atom is 0.251 e. The summed E-state index contributed by atoms with van der Waals surface area (Å²) in [6.07, 6.45) is 6.02. The van der Waals surface area contributed by atoms with E-state index in [0.717, 1.165) is 5.56 Å². The SMILES string of the molecule is COC1=CCC(N2CCN(C[C@@](C)(O)c3ccnc(CO)c3)C[C@H]2c2ccc(F)cc2)C(C(=O)N(C)C)=C1. The first-order chi connectivity index (χ1) is 18.1. The van der Waals surface area contributed by atoms with Gasteiger partial charge in [-0.3, -0.25) is 19.6 Å². The number of rotatable bonds is 8. The Bertz CT molecular complexity index is 1200. The highest BCUT2D eigenvalue weighted by Gasteiger charge is 2.39. The van der Waals surface area contributed by atoms with E-state index in [-0.39, 0.29) is 30.4 Å². The lowest BCUT2D eigenvalue weighted by atomic mass is 9.90. The van der Waals surface area contributed by atoms with Gasteiger partial charge in [-0.05, 0) is 60.9 Å². The third-order valence-corrected chi connectivity index (χ3v) is 7.38. The van der Waals surface area contributed by atoms with Gasteiger partial charge in [0.2, 0.25) is 0 Å². The van der Waals surface area contributed by atoms with E-state index in [1.54, 1.807) is 63.5 Å². The molecule has 38 heavy (non-hydrogen) atoms. The average Bonchev–Trinajstić information content (AvgIpc) is 2.92. The molecule has 8 nitrogen and oxygen atoms in total. The molecule has 1 saturated heterocycles. The van der Waals surface area contributed by atoms with Gasteiger partial charge < -0.3 is 19.8 Å². The van der Waals surface area contributed by atoms with Crippen LogP contribution in [0.2, 0.25) is 0 Å². The number of halogens is 1. The van der Waals surface area contributed by atoms with E-state index in [2.05, 4.69) is 14.8 Å². The summed E-state index contributed by atoms with van der Waals surface area (Å²) in [5.74, 6) is 0.291. The van der Waals surface area contributed by atoms with Gasteiger partial charge in [-0.1, -0.05) is 12.1 Å². The number of nitrogens with zero attached hydrogens (tertiary/aromatic N) is 4. The summed E-state index contributed by atoms with van der Waals surface area (Å²) in [6.45, 7) is 3.84. The highest BCUT2D eigenvalue weighted by atomic mass is 19.1. The molecule has 0 bridgehead atoms. The van der Waals surface area contributed by atoms with Gasteiger partial charge in [0.15, 0.2) is 0 Å². The number of piperazine rings is 1. The summed E-state index contributed by atoms with van der Waals surface area (Å²) in [7, 11) is 5.08. The Morgan fingerprint density at radius 2 is 1.95 bits per heavy atom. The van der Waals surface area contributed by atoms with Crippen molar-refractivity contribution in [1.29, 1.82) is 0 Å².